The number of hydrogen-bond acceptors (Lipinski definition) is 5. The number of carboxylic acids is 1. The molecule has 2 amide bonds. The molecule has 98 valence electrons. The number of tetrazole rings is 1. The fourth-order valence-corrected chi connectivity index (χ4v) is 2.02. The van der Waals surface area contributed by atoms with Gasteiger partial charge < -0.3 is 10.0 Å². The Morgan fingerprint density at radius 1 is 1.56 bits per heavy atom. The number of amides is 2. The number of nitrogens with one attached hydrogen (secondary N) is 1. The molecule has 2 rings (SSSR count). The zero-order chi connectivity index (χ0) is 13.1. The molecule has 1 atom stereocenters. The first-order valence-electron chi connectivity index (χ1n) is 5.59. The predicted molar refractivity (Wildman–Crippen MR) is 59.8 cm³/mol. The van der Waals surface area contributed by atoms with E-state index in [-0.39, 0.29) is 24.4 Å². The summed E-state index contributed by atoms with van der Waals surface area (Å²) >= 11 is 0. The van der Waals surface area contributed by atoms with Gasteiger partial charge in [0.25, 0.3) is 5.95 Å². The number of carbonyl (C=O) groups excluding carboxylic acids is 1. The van der Waals surface area contributed by atoms with Gasteiger partial charge in [0.2, 0.25) is 0 Å². The lowest BCUT2D eigenvalue weighted by atomic mass is 10.1. The molecule has 0 aromatic carbocycles. The number of hydrogen-bond donors (Lipinski definition) is 2. The van der Waals surface area contributed by atoms with Crippen LogP contribution in [0.15, 0.2) is 0 Å². The molecule has 1 aromatic rings. The van der Waals surface area contributed by atoms with Crippen molar-refractivity contribution >= 4 is 17.9 Å². The van der Waals surface area contributed by atoms with Gasteiger partial charge in [-0.2, -0.15) is 4.80 Å². The van der Waals surface area contributed by atoms with Crippen molar-refractivity contribution in [3.05, 3.63) is 0 Å². The molecule has 1 fully saturated rings. The van der Waals surface area contributed by atoms with E-state index in [1.807, 2.05) is 0 Å². The van der Waals surface area contributed by atoms with Gasteiger partial charge in [-0.05, 0) is 18.1 Å². The summed E-state index contributed by atoms with van der Waals surface area (Å²) in [4.78, 5) is 25.3. The number of carbonyl (C=O) groups is 2. The van der Waals surface area contributed by atoms with Gasteiger partial charge in [-0.3, -0.25) is 10.1 Å². The Balaban J connectivity index is 1.97. The molecule has 0 spiro atoms. The van der Waals surface area contributed by atoms with Crippen molar-refractivity contribution in [1.29, 1.82) is 0 Å². The van der Waals surface area contributed by atoms with Crippen LogP contribution in [-0.2, 0) is 11.8 Å². The topological polar surface area (TPSA) is 113 Å². The predicted octanol–water partition coefficient (Wildman–Crippen LogP) is -0.319. The third-order valence-corrected chi connectivity index (χ3v) is 2.78. The molecule has 9 nitrogen and oxygen atoms in total. The first-order chi connectivity index (χ1) is 8.56. The highest BCUT2D eigenvalue weighted by molar-refractivity contribution is 5.88. The van der Waals surface area contributed by atoms with Crippen LogP contribution in [0.2, 0.25) is 0 Å². The Morgan fingerprint density at radius 2 is 2.33 bits per heavy atom. The lowest BCUT2D eigenvalue weighted by Gasteiger charge is -2.22. The summed E-state index contributed by atoms with van der Waals surface area (Å²) in [6.07, 6.45) is 1.47. The maximum atomic E-state index is 11.9. The number of urea groups is 1. The average molecular weight is 254 g/mol. The highest BCUT2D eigenvalue weighted by Gasteiger charge is 2.30. The number of rotatable bonds is 3. The smallest absolute Gasteiger partial charge is 0.324 e. The maximum absolute atomic E-state index is 11.9. The molecule has 0 radical (unpaired) electrons. The van der Waals surface area contributed by atoms with Gasteiger partial charge in [0.1, 0.15) is 0 Å². The van der Waals surface area contributed by atoms with Crippen LogP contribution >= 0.6 is 0 Å². The Hall–Kier alpha value is -2.19. The van der Waals surface area contributed by atoms with E-state index < -0.39 is 5.97 Å². The van der Waals surface area contributed by atoms with E-state index in [9.17, 15) is 9.59 Å². The van der Waals surface area contributed by atoms with Crippen molar-refractivity contribution in [3.63, 3.8) is 0 Å². The second-order valence-corrected chi connectivity index (χ2v) is 4.12. The van der Waals surface area contributed by atoms with E-state index in [4.69, 9.17) is 5.11 Å². The number of nitrogens with zero attached hydrogens (tertiary/aromatic N) is 5. The quantitative estimate of drug-likeness (QED) is 0.764. The lowest BCUT2D eigenvalue weighted by Crippen LogP contribution is -2.40. The van der Waals surface area contributed by atoms with Crippen LogP contribution in [0, 0.1) is 0 Å². The summed E-state index contributed by atoms with van der Waals surface area (Å²) in [7, 11) is 1.59. The number of aryl methyl sites for hydroxylation is 1. The number of carboxylic acid groups (broad SMARTS) is 1. The molecule has 0 saturated carbocycles. The summed E-state index contributed by atoms with van der Waals surface area (Å²) in [6.45, 7) is 0.546. The summed E-state index contributed by atoms with van der Waals surface area (Å²) in [5.74, 6) is -0.791. The molecule has 0 aliphatic carbocycles. The minimum absolute atomic E-state index is 0.0404. The molecule has 1 aliphatic heterocycles. The number of aliphatic carboxylic acids is 1. The van der Waals surface area contributed by atoms with Crippen molar-refractivity contribution in [2.75, 3.05) is 11.9 Å². The SMILES string of the molecule is Cn1nnc(NC(=O)N2CCCC2CC(=O)O)n1. The molecule has 1 aromatic heterocycles. The molecule has 1 aliphatic rings. The van der Waals surface area contributed by atoms with Crippen molar-refractivity contribution in [1.82, 2.24) is 25.1 Å². The summed E-state index contributed by atoms with van der Waals surface area (Å²) in [5, 5.41) is 22.3. The van der Waals surface area contributed by atoms with Crippen molar-refractivity contribution in [2.45, 2.75) is 25.3 Å². The van der Waals surface area contributed by atoms with E-state index in [0.717, 1.165) is 6.42 Å². The van der Waals surface area contributed by atoms with Crippen molar-refractivity contribution in [2.24, 2.45) is 7.05 Å². The van der Waals surface area contributed by atoms with Gasteiger partial charge in [-0.25, -0.2) is 4.79 Å². The van der Waals surface area contributed by atoms with E-state index in [0.29, 0.717) is 13.0 Å². The van der Waals surface area contributed by atoms with Gasteiger partial charge in [0.05, 0.1) is 13.5 Å². The summed E-state index contributed by atoms with van der Waals surface area (Å²) in [5.41, 5.74) is 0. The normalized spacial score (nSPS) is 18.9. The minimum atomic E-state index is -0.905. The second-order valence-electron chi connectivity index (χ2n) is 4.12. The van der Waals surface area contributed by atoms with Crippen molar-refractivity contribution < 1.29 is 14.7 Å². The largest absolute Gasteiger partial charge is 0.481 e. The van der Waals surface area contributed by atoms with E-state index in [1.165, 1.54) is 9.70 Å². The molecule has 2 N–H and O–H groups in total. The second kappa shape index (κ2) is 4.98. The standard InChI is InChI=1S/C9H14N6O3/c1-14-12-8(11-13-14)10-9(18)15-4-2-3-6(15)5-7(16)17/h6H,2-5H2,1H3,(H,16,17)(H,10,12,18). The van der Waals surface area contributed by atoms with E-state index in [1.54, 1.807) is 7.05 Å². The lowest BCUT2D eigenvalue weighted by molar-refractivity contribution is -0.137. The number of anilines is 1. The fraction of sp³-hybridized carbons (Fsp3) is 0.667. The highest BCUT2D eigenvalue weighted by Crippen LogP contribution is 2.20. The van der Waals surface area contributed by atoms with Crippen LogP contribution in [0.3, 0.4) is 0 Å². The molecular formula is C9H14N6O3. The minimum Gasteiger partial charge on any atom is -0.481 e. The molecule has 1 unspecified atom stereocenters. The maximum Gasteiger partial charge on any atom is 0.324 e. The van der Waals surface area contributed by atoms with Gasteiger partial charge in [-0.15, -0.1) is 5.10 Å². The summed E-state index contributed by atoms with van der Waals surface area (Å²) < 4.78 is 0. The van der Waals surface area contributed by atoms with Gasteiger partial charge >= 0.3 is 12.0 Å². The first kappa shape index (κ1) is 12.3. The van der Waals surface area contributed by atoms with Gasteiger partial charge in [0, 0.05) is 12.6 Å². The van der Waals surface area contributed by atoms with Crippen LogP contribution < -0.4 is 5.32 Å². The third-order valence-electron chi connectivity index (χ3n) is 2.78. The molecule has 9 heteroatoms. The number of likely N-dealkylation sites (tertiary alicyclic amines) is 1. The van der Waals surface area contributed by atoms with Crippen molar-refractivity contribution in [3.8, 4) is 0 Å². The van der Waals surface area contributed by atoms with Crippen LogP contribution in [0.5, 0.6) is 0 Å². The first-order valence-corrected chi connectivity index (χ1v) is 5.59. The average Bonchev–Trinajstić information content (AvgIpc) is 2.87. The van der Waals surface area contributed by atoms with Gasteiger partial charge in [-0.1, -0.05) is 5.10 Å². The zero-order valence-corrected chi connectivity index (χ0v) is 9.91. The zero-order valence-electron chi connectivity index (χ0n) is 9.91. The molecule has 18 heavy (non-hydrogen) atoms. The molecular weight excluding hydrogens is 240 g/mol. The Labute approximate surface area is 103 Å². The fourth-order valence-electron chi connectivity index (χ4n) is 2.02. The van der Waals surface area contributed by atoms with Crippen LogP contribution in [-0.4, -0.2) is 54.8 Å². The van der Waals surface area contributed by atoms with E-state index in [2.05, 4.69) is 20.7 Å². The Kier molecular flexibility index (Phi) is 3.40. The van der Waals surface area contributed by atoms with Crippen LogP contribution in [0.1, 0.15) is 19.3 Å². The van der Waals surface area contributed by atoms with Crippen LogP contribution in [0.25, 0.3) is 0 Å². The molecule has 2 heterocycles. The Morgan fingerprint density at radius 3 is 2.94 bits per heavy atom. The Bertz CT molecular complexity index is 459. The molecule has 1 saturated heterocycles. The third kappa shape index (κ3) is 2.73. The highest BCUT2D eigenvalue weighted by atomic mass is 16.4. The van der Waals surface area contributed by atoms with E-state index >= 15 is 0 Å². The number of aromatic nitrogens is 4. The molecule has 0 bridgehead atoms. The monoisotopic (exact) mass is 254 g/mol. The summed E-state index contributed by atoms with van der Waals surface area (Å²) in [6, 6.07) is -0.647. The van der Waals surface area contributed by atoms with Crippen LogP contribution in [0.4, 0.5) is 10.7 Å². The van der Waals surface area contributed by atoms with Gasteiger partial charge in [0.15, 0.2) is 0 Å².